The molecule has 3 aromatic carbocycles. The third kappa shape index (κ3) is 4.16. The second kappa shape index (κ2) is 8.42. The van der Waals surface area contributed by atoms with Gasteiger partial charge in [-0.05, 0) is 42.2 Å². The molecule has 0 N–H and O–H groups in total. The zero-order valence-electron chi connectivity index (χ0n) is 16.1. The molecule has 3 rings (SSSR count). The van der Waals surface area contributed by atoms with E-state index in [0.29, 0.717) is 11.3 Å². The fourth-order valence-electron chi connectivity index (χ4n) is 3.28. The van der Waals surface area contributed by atoms with Crippen LogP contribution in [-0.2, 0) is 0 Å². The fraction of sp³-hybridized carbons (Fsp3) is 0.208. The van der Waals surface area contributed by atoms with Crippen molar-refractivity contribution >= 4 is 5.71 Å². The minimum Gasteiger partial charge on any atom is -0.281 e. The van der Waals surface area contributed by atoms with E-state index < -0.39 is 11.6 Å². The van der Waals surface area contributed by atoms with Gasteiger partial charge < -0.3 is 0 Å². The van der Waals surface area contributed by atoms with Gasteiger partial charge in [0.2, 0.25) is 0 Å². The van der Waals surface area contributed by atoms with Crippen molar-refractivity contribution in [2.24, 2.45) is 10.9 Å². The van der Waals surface area contributed by atoms with Gasteiger partial charge in [0, 0.05) is 11.3 Å². The Kier molecular flexibility index (Phi) is 5.98. The second-order valence-corrected chi connectivity index (χ2v) is 7.10. The third-order valence-corrected chi connectivity index (χ3v) is 4.73. The molecule has 4 heteroatoms. The van der Waals surface area contributed by atoms with Crippen LogP contribution in [0.25, 0.3) is 11.1 Å². The largest absolute Gasteiger partial charge is 0.281 e. The number of aliphatic imine (C=N–C) groups is 1. The Morgan fingerprint density at radius 3 is 1.89 bits per heavy atom. The van der Waals surface area contributed by atoms with Crippen molar-refractivity contribution in [3.63, 3.8) is 0 Å². The summed E-state index contributed by atoms with van der Waals surface area (Å²) in [5.74, 6) is -1.42. The lowest BCUT2D eigenvalue weighted by Crippen LogP contribution is -2.10. The van der Waals surface area contributed by atoms with Crippen LogP contribution in [0.5, 0.6) is 0 Å². The molecule has 0 heterocycles. The van der Waals surface area contributed by atoms with Crippen LogP contribution in [0.1, 0.15) is 37.9 Å². The molecule has 0 saturated heterocycles. The molecule has 0 amide bonds. The minimum atomic E-state index is -0.626. The smallest absolute Gasteiger partial charge is 0.135 e. The maximum Gasteiger partial charge on any atom is 0.135 e. The summed E-state index contributed by atoms with van der Waals surface area (Å²) < 4.78 is 42.2. The van der Waals surface area contributed by atoms with Gasteiger partial charge in [-0.15, -0.1) is 0 Å². The number of halogens is 3. The first-order chi connectivity index (χ1) is 13.4. The van der Waals surface area contributed by atoms with E-state index in [2.05, 4.69) is 4.99 Å². The standard InChI is InChI=1S/C24H22F3N/c1-15(2)24(28-16(3)23-21(26)9-6-10-22(23)27)18-13-11-17(12-14-18)19-7-4-5-8-20(19)25/h4-15,24H,1-3H3/t24-/m1/s1. The maximum absolute atomic E-state index is 14.1. The molecule has 0 fully saturated rings. The summed E-state index contributed by atoms with van der Waals surface area (Å²) in [5, 5.41) is 0. The van der Waals surface area contributed by atoms with Crippen molar-refractivity contribution in [2.75, 3.05) is 0 Å². The number of nitrogens with zero attached hydrogens (tertiary/aromatic N) is 1. The fourth-order valence-corrected chi connectivity index (χ4v) is 3.28. The summed E-state index contributed by atoms with van der Waals surface area (Å²) in [6.45, 7) is 5.62. The topological polar surface area (TPSA) is 12.4 Å². The maximum atomic E-state index is 14.1. The van der Waals surface area contributed by atoms with Crippen LogP contribution in [-0.4, -0.2) is 5.71 Å². The number of hydrogen-bond acceptors (Lipinski definition) is 1. The summed E-state index contributed by atoms with van der Waals surface area (Å²) in [6, 6.07) is 17.6. The van der Waals surface area contributed by atoms with Gasteiger partial charge in [0.25, 0.3) is 0 Å². The molecular weight excluding hydrogens is 359 g/mol. The normalized spacial score (nSPS) is 13.0. The van der Waals surface area contributed by atoms with Crippen LogP contribution < -0.4 is 0 Å². The average Bonchev–Trinajstić information content (AvgIpc) is 2.66. The van der Waals surface area contributed by atoms with Gasteiger partial charge in [-0.3, -0.25) is 4.99 Å². The third-order valence-electron chi connectivity index (χ3n) is 4.73. The Bertz CT molecular complexity index is 971. The van der Waals surface area contributed by atoms with Crippen LogP contribution in [0, 0.1) is 23.4 Å². The highest BCUT2D eigenvalue weighted by Crippen LogP contribution is 2.30. The Morgan fingerprint density at radius 2 is 1.32 bits per heavy atom. The molecule has 0 aliphatic heterocycles. The lowest BCUT2D eigenvalue weighted by atomic mass is 9.94. The molecule has 3 aromatic rings. The van der Waals surface area contributed by atoms with Crippen molar-refractivity contribution in [3.05, 3.63) is 95.3 Å². The first-order valence-corrected chi connectivity index (χ1v) is 9.22. The SMILES string of the molecule is CC(=N[C@@H](c1ccc(-c2ccccc2F)cc1)C(C)C)c1c(F)cccc1F. The van der Waals surface area contributed by atoms with Gasteiger partial charge >= 0.3 is 0 Å². The molecular formula is C24H22F3N. The molecule has 0 aliphatic rings. The summed E-state index contributed by atoms with van der Waals surface area (Å²) >= 11 is 0. The number of benzene rings is 3. The highest BCUT2D eigenvalue weighted by atomic mass is 19.1. The first-order valence-electron chi connectivity index (χ1n) is 9.22. The Hall–Kier alpha value is -2.88. The quantitative estimate of drug-likeness (QED) is 0.423. The highest BCUT2D eigenvalue weighted by Gasteiger charge is 2.18. The molecule has 0 spiro atoms. The minimum absolute atomic E-state index is 0.101. The van der Waals surface area contributed by atoms with Crippen LogP contribution in [0.3, 0.4) is 0 Å². The molecule has 0 aliphatic carbocycles. The average molecular weight is 381 g/mol. The van der Waals surface area contributed by atoms with Crippen LogP contribution in [0.4, 0.5) is 13.2 Å². The van der Waals surface area contributed by atoms with Gasteiger partial charge in [-0.25, -0.2) is 13.2 Å². The molecule has 0 bridgehead atoms. The van der Waals surface area contributed by atoms with E-state index in [-0.39, 0.29) is 23.3 Å². The molecule has 0 radical (unpaired) electrons. The Balaban J connectivity index is 1.96. The van der Waals surface area contributed by atoms with Crippen LogP contribution >= 0.6 is 0 Å². The molecule has 1 atom stereocenters. The van der Waals surface area contributed by atoms with Crippen molar-refractivity contribution in [1.29, 1.82) is 0 Å². The van der Waals surface area contributed by atoms with Crippen molar-refractivity contribution in [2.45, 2.75) is 26.8 Å². The van der Waals surface area contributed by atoms with Crippen molar-refractivity contribution in [1.82, 2.24) is 0 Å². The zero-order chi connectivity index (χ0) is 20.3. The van der Waals surface area contributed by atoms with Gasteiger partial charge in [-0.2, -0.15) is 0 Å². The second-order valence-electron chi connectivity index (χ2n) is 7.10. The van der Waals surface area contributed by atoms with E-state index in [1.165, 1.54) is 24.3 Å². The Morgan fingerprint density at radius 1 is 0.750 bits per heavy atom. The molecule has 0 unspecified atom stereocenters. The van der Waals surface area contributed by atoms with E-state index in [4.69, 9.17) is 0 Å². The number of rotatable bonds is 5. The van der Waals surface area contributed by atoms with Gasteiger partial charge in [0.15, 0.2) is 0 Å². The molecule has 1 nitrogen and oxygen atoms in total. The highest BCUT2D eigenvalue weighted by molar-refractivity contribution is 5.99. The molecule has 0 aromatic heterocycles. The first kappa shape index (κ1) is 19.9. The monoisotopic (exact) mass is 381 g/mol. The van der Waals surface area contributed by atoms with E-state index in [0.717, 1.165) is 11.1 Å². The summed E-state index contributed by atoms with van der Waals surface area (Å²) in [5.41, 5.74) is 2.42. The predicted octanol–water partition coefficient (Wildman–Crippen LogP) is 6.98. The Labute approximate surface area is 163 Å². The molecule has 0 saturated carbocycles. The van der Waals surface area contributed by atoms with E-state index in [1.807, 2.05) is 38.1 Å². The van der Waals surface area contributed by atoms with Gasteiger partial charge in [0.1, 0.15) is 17.5 Å². The zero-order valence-corrected chi connectivity index (χ0v) is 16.1. The van der Waals surface area contributed by atoms with Gasteiger partial charge in [0.05, 0.1) is 11.6 Å². The van der Waals surface area contributed by atoms with Gasteiger partial charge in [-0.1, -0.05) is 62.4 Å². The lowest BCUT2D eigenvalue weighted by molar-refractivity contribution is 0.515. The predicted molar refractivity (Wildman–Crippen MR) is 108 cm³/mol. The van der Waals surface area contributed by atoms with Crippen molar-refractivity contribution < 1.29 is 13.2 Å². The van der Waals surface area contributed by atoms with Crippen LogP contribution in [0.2, 0.25) is 0 Å². The summed E-state index contributed by atoms with van der Waals surface area (Å²) in [7, 11) is 0. The van der Waals surface area contributed by atoms with E-state index in [1.54, 1.807) is 25.1 Å². The molecule has 144 valence electrons. The van der Waals surface area contributed by atoms with Crippen molar-refractivity contribution in [3.8, 4) is 11.1 Å². The van der Waals surface area contributed by atoms with E-state index >= 15 is 0 Å². The molecule has 28 heavy (non-hydrogen) atoms. The van der Waals surface area contributed by atoms with Crippen LogP contribution in [0.15, 0.2) is 71.7 Å². The summed E-state index contributed by atoms with van der Waals surface area (Å²) in [6.07, 6.45) is 0. The van der Waals surface area contributed by atoms with E-state index in [9.17, 15) is 13.2 Å². The lowest BCUT2D eigenvalue weighted by Gasteiger charge is -2.19. The summed E-state index contributed by atoms with van der Waals surface area (Å²) in [4.78, 5) is 4.62. The number of hydrogen-bond donors (Lipinski definition) is 0.